The smallest absolute Gasteiger partial charge is 0.351 e. The second-order valence-electron chi connectivity index (χ2n) is 4.38. The maximum absolute atomic E-state index is 14.1. The molecule has 0 aliphatic rings. The molecule has 0 amide bonds. The number of imidazole rings is 1. The van der Waals surface area contributed by atoms with Gasteiger partial charge in [0.1, 0.15) is 16.4 Å². The fourth-order valence-electron chi connectivity index (χ4n) is 1.90. The van der Waals surface area contributed by atoms with Gasteiger partial charge in [-0.1, -0.05) is 11.6 Å². The highest BCUT2D eigenvalue weighted by molar-refractivity contribution is 7.88. The average Bonchev–Trinajstić information content (AvgIpc) is 2.92. The largest absolute Gasteiger partial charge is 0.534 e. The minimum atomic E-state index is -6.05. The van der Waals surface area contributed by atoms with Gasteiger partial charge in [0.15, 0.2) is 5.82 Å². The zero-order valence-corrected chi connectivity index (χ0v) is 12.5. The summed E-state index contributed by atoms with van der Waals surface area (Å²) in [4.78, 5) is 6.98. The summed E-state index contributed by atoms with van der Waals surface area (Å²) >= 11 is 5.44. The minimum Gasteiger partial charge on any atom is -0.351 e. The van der Waals surface area contributed by atoms with Crippen molar-refractivity contribution in [3.05, 3.63) is 35.1 Å². The topological polar surface area (TPSA) is 73.6 Å². The van der Waals surface area contributed by atoms with Crippen molar-refractivity contribution in [2.45, 2.75) is 5.51 Å². The summed E-state index contributed by atoms with van der Waals surface area (Å²) in [6.07, 6.45) is 2.12. The van der Waals surface area contributed by atoms with E-state index in [1.807, 2.05) is 0 Å². The predicted molar refractivity (Wildman–Crippen MR) is 71.0 cm³/mol. The van der Waals surface area contributed by atoms with E-state index in [9.17, 15) is 30.4 Å². The first-order chi connectivity index (χ1) is 11.0. The highest BCUT2D eigenvalue weighted by atomic mass is 35.5. The summed E-state index contributed by atoms with van der Waals surface area (Å²) < 4.78 is 92.0. The van der Waals surface area contributed by atoms with Crippen molar-refractivity contribution in [2.75, 3.05) is 0 Å². The second kappa shape index (κ2) is 5.14. The van der Waals surface area contributed by atoms with Crippen molar-refractivity contribution in [1.82, 2.24) is 14.4 Å². The van der Waals surface area contributed by atoms with Crippen LogP contribution in [0.4, 0.5) is 22.0 Å². The predicted octanol–water partition coefficient (Wildman–Crippen LogP) is 3.04. The highest BCUT2D eigenvalue weighted by Gasteiger charge is 2.49. The Morgan fingerprint density at radius 1 is 1.25 bits per heavy atom. The van der Waals surface area contributed by atoms with Gasteiger partial charge in [-0.2, -0.15) is 21.6 Å². The number of hydrogen-bond donors (Lipinski definition) is 0. The maximum atomic E-state index is 14.1. The van der Waals surface area contributed by atoms with Crippen LogP contribution < -0.4 is 4.18 Å². The maximum Gasteiger partial charge on any atom is 0.534 e. The van der Waals surface area contributed by atoms with Crippen LogP contribution in [0.5, 0.6) is 5.88 Å². The molecular weight excluding hydrogens is 385 g/mol. The summed E-state index contributed by atoms with van der Waals surface area (Å²) in [7, 11) is -6.05. The lowest BCUT2D eigenvalue weighted by Crippen LogP contribution is -2.28. The summed E-state index contributed by atoms with van der Waals surface area (Å²) in [6.45, 7) is 0. The van der Waals surface area contributed by atoms with Crippen molar-refractivity contribution in [3.8, 4) is 5.88 Å². The summed E-state index contributed by atoms with van der Waals surface area (Å²) in [5.41, 5.74) is -7.18. The molecule has 3 rings (SSSR count). The Hall–Kier alpha value is -2.21. The molecule has 0 saturated carbocycles. The van der Waals surface area contributed by atoms with Gasteiger partial charge in [-0.15, -0.1) is 0 Å². The quantitative estimate of drug-likeness (QED) is 0.292. The van der Waals surface area contributed by atoms with Crippen LogP contribution in [-0.4, -0.2) is 28.3 Å². The van der Waals surface area contributed by atoms with Gasteiger partial charge in [0.05, 0.1) is 5.52 Å². The first kappa shape index (κ1) is 16.6. The monoisotopic (exact) mass is 387 g/mol. The number of halogens is 6. The molecule has 128 valence electrons. The zero-order valence-electron chi connectivity index (χ0n) is 11.0. The molecule has 2 heterocycles. The summed E-state index contributed by atoms with van der Waals surface area (Å²) in [5, 5.41) is -0.865. The molecule has 1 aromatic carbocycles. The molecule has 0 fully saturated rings. The van der Waals surface area contributed by atoms with Crippen LogP contribution in [0.15, 0.2) is 18.5 Å². The number of alkyl halides is 3. The van der Waals surface area contributed by atoms with E-state index in [0.717, 1.165) is 16.8 Å². The van der Waals surface area contributed by atoms with Gasteiger partial charge in [-0.25, -0.2) is 18.7 Å². The lowest BCUT2D eigenvalue weighted by Gasteiger charge is -2.11. The van der Waals surface area contributed by atoms with Crippen LogP contribution in [0.1, 0.15) is 0 Å². The van der Waals surface area contributed by atoms with Crippen LogP contribution >= 0.6 is 11.6 Å². The first-order valence-corrected chi connectivity index (χ1v) is 7.62. The van der Waals surface area contributed by atoms with Crippen LogP contribution in [0.2, 0.25) is 5.02 Å². The molecular formula is C11H3ClF5N3O3S. The van der Waals surface area contributed by atoms with Crippen LogP contribution in [-0.2, 0) is 10.1 Å². The number of fused-ring (bicyclic) bond motifs is 3. The first-order valence-electron chi connectivity index (χ1n) is 5.84. The Morgan fingerprint density at radius 3 is 2.54 bits per heavy atom. The molecule has 0 bridgehead atoms. The molecule has 0 aliphatic heterocycles. The van der Waals surface area contributed by atoms with Crippen molar-refractivity contribution < 1.29 is 34.6 Å². The Morgan fingerprint density at radius 2 is 1.92 bits per heavy atom. The number of rotatable bonds is 2. The normalized spacial score (nSPS) is 12.9. The van der Waals surface area contributed by atoms with Gasteiger partial charge >= 0.3 is 15.6 Å². The third-order valence-electron chi connectivity index (χ3n) is 2.88. The molecule has 2 aromatic heterocycles. The SMILES string of the molecule is O=S(=O)(Oc1nc2cc(F)c(Cl)c(F)c2n2ccnc12)C(F)(F)F. The molecule has 0 N–H and O–H groups in total. The van der Waals surface area contributed by atoms with E-state index in [1.165, 1.54) is 0 Å². The number of benzene rings is 1. The van der Waals surface area contributed by atoms with Crippen LogP contribution in [0, 0.1) is 11.6 Å². The lowest BCUT2D eigenvalue weighted by molar-refractivity contribution is -0.0500. The van der Waals surface area contributed by atoms with E-state index in [-0.39, 0.29) is 0 Å². The van der Waals surface area contributed by atoms with E-state index >= 15 is 0 Å². The fraction of sp³-hybridized carbons (Fsp3) is 0.0909. The molecule has 0 aliphatic carbocycles. The van der Waals surface area contributed by atoms with Gasteiger partial charge in [0.2, 0.25) is 5.65 Å². The van der Waals surface area contributed by atoms with Crippen molar-refractivity contribution >= 4 is 38.4 Å². The van der Waals surface area contributed by atoms with Crippen molar-refractivity contribution in [2.24, 2.45) is 0 Å². The average molecular weight is 388 g/mol. The summed E-state index contributed by atoms with van der Waals surface area (Å²) in [6, 6.07) is 0.618. The van der Waals surface area contributed by atoms with Crippen LogP contribution in [0.3, 0.4) is 0 Å². The zero-order chi connectivity index (χ0) is 17.9. The van der Waals surface area contributed by atoms with E-state index in [2.05, 4.69) is 14.2 Å². The molecule has 0 saturated heterocycles. The fourth-order valence-corrected chi connectivity index (χ4v) is 2.45. The highest BCUT2D eigenvalue weighted by Crippen LogP contribution is 2.32. The molecule has 0 atom stereocenters. The van der Waals surface area contributed by atoms with Gasteiger partial charge in [0.25, 0.3) is 5.88 Å². The number of hydrogen-bond acceptors (Lipinski definition) is 5. The molecule has 3 aromatic rings. The van der Waals surface area contributed by atoms with E-state index < -0.39 is 54.8 Å². The standard InChI is InChI=1S/C11H3ClF5N3O3S/c12-6-4(13)3-5-8(7(6)14)20-2-1-18-9(20)10(19-5)23-24(21,22)11(15,16)17/h1-3H. The molecule has 13 heteroatoms. The third kappa shape index (κ3) is 2.41. The molecule has 0 radical (unpaired) electrons. The van der Waals surface area contributed by atoms with Gasteiger partial charge in [-0.05, 0) is 0 Å². The lowest BCUT2D eigenvalue weighted by atomic mass is 10.2. The molecule has 0 spiro atoms. The van der Waals surface area contributed by atoms with E-state index in [1.54, 1.807) is 0 Å². The number of aromatic nitrogens is 3. The van der Waals surface area contributed by atoms with E-state index in [4.69, 9.17) is 11.6 Å². The van der Waals surface area contributed by atoms with Gasteiger partial charge in [-0.3, -0.25) is 4.40 Å². The molecule has 24 heavy (non-hydrogen) atoms. The van der Waals surface area contributed by atoms with Gasteiger partial charge < -0.3 is 4.18 Å². The van der Waals surface area contributed by atoms with E-state index in [0.29, 0.717) is 6.07 Å². The van der Waals surface area contributed by atoms with Gasteiger partial charge in [0, 0.05) is 18.5 Å². The summed E-state index contributed by atoms with van der Waals surface area (Å²) in [5.74, 6) is -3.57. The Labute approximate surface area is 134 Å². The Balaban J connectivity index is 2.34. The molecule has 0 unspecified atom stereocenters. The Bertz CT molecular complexity index is 1080. The Kier molecular flexibility index (Phi) is 3.57. The van der Waals surface area contributed by atoms with Crippen LogP contribution in [0.25, 0.3) is 16.7 Å². The second-order valence-corrected chi connectivity index (χ2v) is 6.29. The molecule has 6 nitrogen and oxygen atoms in total. The van der Waals surface area contributed by atoms with Crippen molar-refractivity contribution in [3.63, 3.8) is 0 Å². The van der Waals surface area contributed by atoms with Crippen molar-refractivity contribution in [1.29, 1.82) is 0 Å². The minimum absolute atomic E-state index is 0.411. The number of nitrogens with zero attached hydrogens (tertiary/aromatic N) is 3. The third-order valence-corrected chi connectivity index (χ3v) is 4.17.